The van der Waals surface area contributed by atoms with Crippen molar-refractivity contribution in [2.24, 2.45) is 0 Å². The van der Waals surface area contributed by atoms with Gasteiger partial charge in [-0.05, 0) is 54.3 Å². The molecular weight excluding hydrogens is 596 g/mol. The summed E-state index contributed by atoms with van der Waals surface area (Å²) in [5.41, 5.74) is 1.57. The normalized spacial score (nSPS) is 21.7. The number of amides is 3. The van der Waals surface area contributed by atoms with E-state index in [1.54, 1.807) is 6.20 Å². The van der Waals surface area contributed by atoms with Crippen LogP contribution in [0.15, 0.2) is 54.7 Å². The van der Waals surface area contributed by atoms with E-state index in [1.165, 1.54) is 23.1 Å². The first-order valence-electron chi connectivity index (χ1n) is 14.2. The maximum Gasteiger partial charge on any atom is 0.248 e. The highest BCUT2D eigenvalue weighted by Crippen LogP contribution is 2.48. The van der Waals surface area contributed by atoms with Crippen LogP contribution >= 0.6 is 11.6 Å². The van der Waals surface area contributed by atoms with Crippen LogP contribution in [-0.4, -0.2) is 79.2 Å². The summed E-state index contributed by atoms with van der Waals surface area (Å²) >= 11 is 6.54. The summed E-state index contributed by atoms with van der Waals surface area (Å²) in [5.74, 6) is -1.12. The molecule has 3 amide bonds. The SMILES string of the molecule is Fc1cccc(F)c1.O=C(CN1CCNC2(COCCOC2)C1=O)Nc1cc2c(cc1Cl)CC1(C2)C(=O)Nc2ncccc21. The average Bonchev–Trinajstić information content (AvgIpc) is 3.37. The van der Waals surface area contributed by atoms with Gasteiger partial charge in [0.2, 0.25) is 17.7 Å². The number of carbonyl (C=O) groups is 3. The molecule has 4 heterocycles. The van der Waals surface area contributed by atoms with Gasteiger partial charge in [0, 0.05) is 30.9 Å². The van der Waals surface area contributed by atoms with Crippen LogP contribution in [0, 0.1) is 11.6 Å². The van der Waals surface area contributed by atoms with Crippen LogP contribution in [0.1, 0.15) is 16.7 Å². The fraction of sp³-hybridized carbons (Fsp3) is 0.355. The molecule has 2 aromatic carbocycles. The van der Waals surface area contributed by atoms with Crippen LogP contribution in [0.5, 0.6) is 0 Å². The molecule has 1 aliphatic carbocycles. The van der Waals surface area contributed by atoms with Crippen molar-refractivity contribution in [1.29, 1.82) is 0 Å². The zero-order valence-electron chi connectivity index (χ0n) is 23.6. The van der Waals surface area contributed by atoms with Gasteiger partial charge >= 0.3 is 0 Å². The van der Waals surface area contributed by atoms with E-state index in [-0.39, 0.29) is 37.5 Å². The first kappa shape index (κ1) is 30.1. The van der Waals surface area contributed by atoms with Gasteiger partial charge in [-0.3, -0.25) is 19.7 Å². The minimum atomic E-state index is -0.971. The van der Waals surface area contributed by atoms with E-state index in [1.807, 2.05) is 24.3 Å². The van der Waals surface area contributed by atoms with Crippen molar-refractivity contribution >= 4 is 40.8 Å². The molecule has 2 spiro atoms. The number of ether oxygens (including phenoxy) is 2. The standard InChI is InChI=1S/C25H26ClN5O5.C6H4F2/c26-18-8-15-10-24(17-2-1-3-27-21(17)30-22(24)33)11-16(15)9-19(18)29-20(32)12-31-5-4-28-25(23(31)34)13-35-6-7-36-14-25;7-5-2-1-3-6(8)4-5/h1-3,8-9,28H,4-7,10-14H2,(H,29,32)(H,27,30,33);1-4H. The van der Waals surface area contributed by atoms with E-state index in [4.69, 9.17) is 21.1 Å². The molecule has 2 fully saturated rings. The maximum absolute atomic E-state index is 13.2. The molecule has 230 valence electrons. The fourth-order valence-corrected chi connectivity index (χ4v) is 6.38. The number of pyridine rings is 1. The second-order valence-electron chi connectivity index (χ2n) is 11.2. The summed E-state index contributed by atoms with van der Waals surface area (Å²) in [6, 6.07) is 12.0. The second kappa shape index (κ2) is 12.2. The van der Waals surface area contributed by atoms with Gasteiger partial charge in [0.15, 0.2) is 0 Å². The molecule has 3 aromatic rings. The van der Waals surface area contributed by atoms with Gasteiger partial charge in [-0.1, -0.05) is 23.7 Å². The highest BCUT2D eigenvalue weighted by molar-refractivity contribution is 6.34. The summed E-state index contributed by atoms with van der Waals surface area (Å²) < 4.78 is 35.0. The van der Waals surface area contributed by atoms with Gasteiger partial charge in [0.25, 0.3) is 0 Å². The lowest BCUT2D eigenvalue weighted by atomic mass is 9.79. The molecule has 13 heteroatoms. The predicted octanol–water partition coefficient (Wildman–Crippen LogP) is 2.84. The van der Waals surface area contributed by atoms with E-state index in [2.05, 4.69) is 20.9 Å². The van der Waals surface area contributed by atoms with E-state index in [0.29, 0.717) is 55.7 Å². The van der Waals surface area contributed by atoms with Gasteiger partial charge in [-0.2, -0.15) is 0 Å². The Kier molecular flexibility index (Phi) is 8.34. The summed E-state index contributed by atoms with van der Waals surface area (Å²) in [4.78, 5) is 44.9. The van der Waals surface area contributed by atoms with Crippen molar-refractivity contribution in [2.45, 2.75) is 23.8 Å². The molecule has 0 bridgehead atoms. The van der Waals surface area contributed by atoms with E-state index >= 15 is 0 Å². The van der Waals surface area contributed by atoms with Gasteiger partial charge in [0.1, 0.15) is 23.0 Å². The van der Waals surface area contributed by atoms with Crippen LogP contribution in [0.2, 0.25) is 5.02 Å². The van der Waals surface area contributed by atoms with Crippen LogP contribution in [0.3, 0.4) is 0 Å². The smallest absolute Gasteiger partial charge is 0.248 e. The Morgan fingerprint density at radius 3 is 2.41 bits per heavy atom. The number of rotatable bonds is 3. The summed E-state index contributed by atoms with van der Waals surface area (Å²) in [7, 11) is 0. The number of anilines is 2. The van der Waals surface area contributed by atoms with Crippen molar-refractivity contribution in [3.63, 3.8) is 0 Å². The van der Waals surface area contributed by atoms with Gasteiger partial charge in [-0.15, -0.1) is 0 Å². The second-order valence-corrected chi connectivity index (χ2v) is 11.6. The molecule has 2 saturated heterocycles. The number of carbonyl (C=O) groups excluding carboxylic acids is 3. The largest absolute Gasteiger partial charge is 0.376 e. The third-order valence-electron chi connectivity index (χ3n) is 8.27. The first-order chi connectivity index (χ1) is 21.2. The summed E-state index contributed by atoms with van der Waals surface area (Å²) in [6.45, 7) is 2.09. The predicted molar refractivity (Wildman–Crippen MR) is 157 cm³/mol. The van der Waals surface area contributed by atoms with E-state index in [9.17, 15) is 23.2 Å². The molecule has 1 aromatic heterocycles. The first-order valence-corrected chi connectivity index (χ1v) is 14.6. The number of nitrogens with one attached hydrogen (secondary N) is 3. The highest BCUT2D eigenvalue weighted by atomic mass is 35.5. The molecule has 3 N–H and O–H groups in total. The van der Waals surface area contributed by atoms with Gasteiger partial charge in [0.05, 0.1) is 49.1 Å². The summed E-state index contributed by atoms with van der Waals surface area (Å²) in [5, 5.41) is 9.36. The molecule has 1 atom stereocenters. The Bertz CT molecular complexity index is 1600. The molecule has 1 unspecified atom stereocenters. The van der Waals surface area contributed by atoms with E-state index in [0.717, 1.165) is 22.8 Å². The number of piperazine rings is 1. The number of hydrogen-bond donors (Lipinski definition) is 3. The molecule has 0 radical (unpaired) electrons. The Hall–Kier alpha value is -3.97. The number of aromatic nitrogens is 1. The zero-order valence-corrected chi connectivity index (χ0v) is 24.4. The Balaban J connectivity index is 0.000000374. The van der Waals surface area contributed by atoms with Gasteiger partial charge in [-0.25, -0.2) is 13.8 Å². The van der Waals surface area contributed by atoms with Crippen molar-refractivity contribution in [3.8, 4) is 0 Å². The van der Waals surface area contributed by atoms with Crippen molar-refractivity contribution in [2.75, 3.05) is 56.7 Å². The Morgan fingerprint density at radius 1 is 1.02 bits per heavy atom. The molecule has 4 aliphatic rings. The van der Waals surface area contributed by atoms with Crippen molar-refractivity contribution < 1.29 is 32.6 Å². The van der Waals surface area contributed by atoms with Crippen LogP contribution < -0.4 is 16.0 Å². The number of nitrogens with zero attached hydrogens (tertiary/aromatic N) is 2. The number of benzene rings is 2. The van der Waals surface area contributed by atoms with Crippen LogP contribution in [0.4, 0.5) is 20.3 Å². The lowest BCUT2D eigenvalue weighted by Gasteiger charge is -2.40. The summed E-state index contributed by atoms with van der Waals surface area (Å²) in [6.07, 6.45) is 2.67. The topological polar surface area (TPSA) is 122 Å². The lowest BCUT2D eigenvalue weighted by Crippen LogP contribution is -2.68. The Labute approximate surface area is 257 Å². The number of fused-ring (bicyclic) bond motifs is 3. The number of hydrogen-bond acceptors (Lipinski definition) is 7. The molecule has 10 nitrogen and oxygen atoms in total. The van der Waals surface area contributed by atoms with E-state index < -0.39 is 22.6 Å². The molecule has 7 rings (SSSR count). The van der Waals surface area contributed by atoms with Gasteiger partial charge < -0.3 is 25.0 Å². The molecule has 3 aliphatic heterocycles. The minimum Gasteiger partial charge on any atom is -0.376 e. The Morgan fingerprint density at radius 2 is 1.73 bits per heavy atom. The third-order valence-corrected chi connectivity index (χ3v) is 8.58. The van der Waals surface area contributed by atoms with Crippen LogP contribution in [0.25, 0.3) is 0 Å². The van der Waals surface area contributed by atoms with Crippen molar-refractivity contribution in [1.82, 2.24) is 15.2 Å². The minimum absolute atomic E-state index is 0.0771. The average molecular weight is 626 g/mol. The maximum atomic E-state index is 13.2. The highest BCUT2D eigenvalue weighted by Gasteiger charge is 2.51. The molecule has 0 saturated carbocycles. The third kappa shape index (κ3) is 5.77. The molecular formula is C31H30ClF2N5O5. The monoisotopic (exact) mass is 625 g/mol. The number of halogens is 3. The molecule has 44 heavy (non-hydrogen) atoms. The zero-order chi connectivity index (χ0) is 30.9. The quantitative estimate of drug-likeness (QED) is 0.409. The fourth-order valence-electron chi connectivity index (χ4n) is 6.15. The van der Waals surface area contributed by atoms with Crippen LogP contribution in [-0.2, 0) is 42.1 Å². The van der Waals surface area contributed by atoms with Crippen molar-refractivity contribution in [3.05, 3.63) is 88.1 Å². The lowest BCUT2D eigenvalue weighted by molar-refractivity contribution is -0.147.